The highest BCUT2D eigenvalue weighted by molar-refractivity contribution is 6.30. The van der Waals surface area contributed by atoms with Gasteiger partial charge in [-0.1, -0.05) is 36.4 Å². The third-order valence-corrected chi connectivity index (χ3v) is 4.59. The molecular formula is C22H15NO4. The minimum atomic E-state index is -0.556. The fraction of sp³-hybridized carbons (Fsp3) is 0.0455. The molecule has 3 aromatic carbocycles. The summed E-state index contributed by atoms with van der Waals surface area (Å²) in [5.74, 6) is -1.85. The molecule has 0 radical (unpaired) electrons. The number of phenols is 1. The Balaban J connectivity index is 1.77. The van der Waals surface area contributed by atoms with Gasteiger partial charge in [0.05, 0.1) is 11.1 Å². The highest BCUT2D eigenvalue weighted by Crippen LogP contribution is 2.35. The van der Waals surface area contributed by atoms with Gasteiger partial charge in [-0.05, 0) is 36.8 Å². The summed E-state index contributed by atoms with van der Waals surface area (Å²) >= 11 is 0. The molecule has 1 aliphatic rings. The number of phenolic OH excluding ortho intramolecular Hbond substituents is 1. The number of ketones is 2. The van der Waals surface area contributed by atoms with E-state index < -0.39 is 17.4 Å². The highest BCUT2D eigenvalue weighted by Gasteiger charge is 2.33. The molecule has 1 amide bonds. The zero-order valence-electron chi connectivity index (χ0n) is 14.4. The average Bonchev–Trinajstić information content (AvgIpc) is 2.66. The van der Waals surface area contributed by atoms with Gasteiger partial charge in [0.25, 0.3) is 5.91 Å². The van der Waals surface area contributed by atoms with Crippen molar-refractivity contribution >= 4 is 23.2 Å². The summed E-state index contributed by atoms with van der Waals surface area (Å²) in [6, 6.07) is 16.4. The summed E-state index contributed by atoms with van der Waals surface area (Å²) in [5.41, 5.74) is 1.98. The molecule has 0 bridgehead atoms. The Morgan fingerprint density at radius 2 is 1.56 bits per heavy atom. The van der Waals surface area contributed by atoms with E-state index in [-0.39, 0.29) is 28.0 Å². The molecule has 5 nitrogen and oxygen atoms in total. The first kappa shape index (κ1) is 16.7. The monoisotopic (exact) mass is 357 g/mol. The van der Waals surface area contributed by atoms with Crippen LogP contribution < -0.4 is 5.32 Å². The lowest BCUT2D eigenvalue weighted by molar-refractivity contribution is 0.0974. The van der Waals surface area contributed by atoms with Gasteiger partial charge in [-0.25, -0.2) is 0 Å². The minimum Gasteiger partial charge on any atom is -0.506 e. The second-order valence-corrected chi connectivity index (χ2v) is 6.41. The van der Waals surface area contributed by atoms with Crippen molar-refractivity contribution in [2.45, 2.75) is 6.92 Å². The van der Waals surface area contributed by atoms with Gasteiger partial charge < -0.3 is 10.4 Å². The van der Waals surface area contributed by atoms with Crippen LogP contribution in [0.3, 0.4) is 0 Å². The van der Waals surface area contributed by atoms with Crippen molar-refractivity contribution in [2.24, 2.45) is 0 Å². The van der Waals surface area contributed by atoms with E-state index in [9.17, 15) is 19.5 Å². The van der Waals surface area contributed by atoms with E-state index in [0.717, 1.165) is 5.56 Å². The number of anilines is 1. The summed E-state index contributed by atoms with van der Waals surface area (Å²) in [7, 11) is 0. The van der Waals surface area contributed by atoms with E-state index in [4.69, 9.17) is 0 Å². The van der Waals surface area contributed by atoms with Crippen LogP contribution in [0, 0.1) is 6.92 Å². The van der Waals surface area contributed by atoms with Crippen molar-refractivity contribution in [1.82, 2.24) is 0 Å². The smallest absolute Gasteiger partial charge is 0.259 e. The molecule has 0 fully saturated rings. The van der Waals surface area contributed by atoms with Crippen LogP contribution in [0.4, 0.5) is 5.69 Å². The van der Waals surface area contributed by atoms with Gasteiger partial charge in [-0.15, -0.1) is 0 Å². The predicted molar refractivity (Wildman–Crippen MR) is 101 cm³/mol. The normalized spacial score (nSPS) is 12.3. The molecule has 27 heavy (non-hydrogen) atoms. The number of carbonyl (C=O) groups is 3. The van der Waals surface area contributed by atoms with E-state index in [1.54, 1.807) is 36.4 Å². The van der Waals surface area contributed by atoms with Crippen molar-refractivity contribution in [3.05, 3.63) is 94.0 Å². The summed E-state index contributed by atoms with van der Waals surface area (Å²) in [5, 5.41) is 13.3. The number of hydrogen-bond acceptors (Lipinski definition) is 4. The molecule has 0 spiro atoms. The van der Waals surface area contributed by atoms with Crippen LogP contribution in [0.1, 0.15) is 47.8 Å². The summed E-state index contributed by atoms with van der Waals surface area (Å²) in [6.45, 7) is 1.90. The lowest BCUT2D eigenvalue weighted by Gasteiger charge is -2.19. The average molecular weight is 357 g/mol. The largest absolute Gasteiger partial charge is 0.506 e. The molecule has 0 saturated carbocycles. The second kappa shape index (κ2) is 6.21. The van der Waals surface area contributed by atoms with E-state index in [1.165, 1.54) is 18.2 Å². The molecule has 0 aromatic heterocycles. The van der Waals surface area contributed by atoms with Gasteiger partial charge in [0.1, 0.15) is 5.75 Å². The molecule has 132 valence electrons. The van der Waals surface area contributed by atoms with Gasteiger partial charge in [0, 0.05) is 22.4 Å². The number of amides is 1. The SMILES string of the molecule is Cc1cccc(NC(=O)c2ccc3c(c2O)C(=O)c2ccccc2C3=O)c1. The van der Waals surface area contributed by atoms with E-state index in [1.807, 2.05) is 13.0 Å². The first-order valence-electron chi connectivity index (χ1n) is 8.40. The summed E-state index contributed by atoms with van der Waals surface area (Å²) < 4.78 is 0. The maximum Gasteiger partial charge on any atom is 0.259 e. The van der Waals surface area contributed by atoms with Crippen molar-refractivity contribution < 1.29 is 19.5 Å². The molecule has 0 unspecified atom stereocenters. The first-order chi connectivity index (χ1) is 13.0. The van der Waals surface area contributed by atoms with Crippen LogP contribution in [0.25, 0.3) is 0 Å². The fourth-order valence-corrected chi connectivity index (χ4v) is 3.27. The quantitative estimate of drug-likeness (QED) is 0.573. The Morgan fingerprint density at radius 1 is 0.852 bits per heavy atom. The Morgan fingerprint density at radius 3 is 2.26 bits per heavy atom. The highest BCUT2D eigenvalue weighted by atomic mass is 16.3. The fourth-order valence-electron chi connectivity index (χ4n) is 3.27. The lowest BCUT2D eigenvalue weighted by atomic mass is 9.82. The van der Waals surface area contributed by atoms with Gasteiger partial charge in [0.15, 0.2) is 11.6 Å². The Kier molecular flexibility index (Phi) is 3.85. The number of fused-ring (bicyclic) bond motifs is 2. The van der Waals surface area contributed by atoms with E-state index in [0.29, 0.717) is 11.3 Å². The number of aryl methyl sites for hydroxylation is 1. The Labute approximate surface area is 155 Å². The van der Waals surface area contributed by atoms with Crippen LogP contribution in [-0.4, -0.2) is 22.6 Å². The van der Waals surface area contributed by atoms with Gasteiger partial charge in [-0.3, -0.25) is 14.4 Å². The molecular weight excluding hydrogens is 342 g/mol. The first-order valence-corrected chi connectivity index (χ1v) is 8.40. The standard InChI is InChI=1S/C22H15NO4/c1-12-5-4-6-13(11-12)23-22(27)17-10-9-16-18(21(17)26)20(25)15-8-3-2-7-14(15)19(16)24/h2-11,26H,1H3,(H,23,27). The topological polar surface area (TPSA) is 83.5 Å². The molecule has 4 rings (SSSR count). The van der Waals surface area contributed by atoms with Crippen molar-refractivity contribution in [1.29, 1.82) is 0 Å². The number of hydrogen-bond donors (Lipinski definition) is 2. The Hall–Kier alpha value is -3.73. The van der Waals surface area contributed by atoms with Crippen LogP contribution in [0.15, 0.2) is 60.7 Å². The zero-order valence-corrected chi connectivity index (χ0v) is 14.4. The molecule has 5 heteroatoms. The third kappa shape index (κ3) is 2.69. The van der Waals surface area contributed by atoms with Gasteiger partial charge >= 0.3 is 0 Å². The van der Waals surface area contributed by atoms with E-state index >= 15 is 0 Å². The van der Waals surface area contributed by atoms with Crippen LogP contribution in [-0.2, 0) is 0 Å². The second-order valence-electron chi connectivity index (χ2n) is 6.41. The lowest BCUT2D eigenvalue weighted by Crippen LogP contribution is -2.22. The Bertz CT molecular complexity index is 1130. The molecule has 0 atom stereocenters. The molecule has 0 aliphatic heterocycles. The van der Waals surface area contributed by atoms with E-state index in [2.05, 4.69) is 5.32 Å². The molecule has 0 heterocycles. The number of aromatic hydroxyl groups is 1. The van der Waals surface area contributed by atoms with Gasteiger partial charge in [0.2, 0.25) is 0 Å². The molecule has 2 N–H and O–H groups in total. The maximum atomic E-state index is 12.8. The predicted octanol–water partition coefficient (Wildman–Crippen LogP) is 3.73. The van der Waals surface area contributed by atoms with Crippen molar-refractivity contribution in [3.8, 4) is 5.75 Å². The molecule has 0 saturated heterocycles. The van der Waals surface area contributed by atoms with Crippen LogP contribution in [0.5, 0.6) is 5.75 Å². The molecule has 3 aromatic rings. The van der Waals surface area contributed by atoms with Gasteiger partial charge in [-0.2, -0.15) is 0 Å². The molecule has 1 aliphatic carbocycles. The minimum absolute atomic E-state index is 0.0595. The van der Waals surface area contributed by atoms with Crippen molar-refractivity contribution in [2.75, 3.05) is 5.32 Å². The zero-order chi connectivity index (χ0) is 19.1. The van der Waals surface area contributed by atoms with Crippen molar-refractivity contribution in [3.63, 3.8) is 0 Å². The summed E-state index contributed by atoms with van der Waals surface area (Å²) in [4.78, 5) is 38.1. The third-order valence-electron chi connectivity index (χ3n) is 4.59. The summed E-state index contributed by atoms with van der Waals surface area (Å²) in [6.07, 6.45) is 0. The number of rotatable bonds is 2. The number of nitrogens with one attached hydrogen (secondary N) is 1. The van der Waals surface area contributed by atoms with Crippen LogP contribution in [0.2, 0.25) is 0 Å². The maximum absolute atomic E-state index is 12.8. The number of carbonyl (C=O) groups excluding carboxylic acids is 3. The number of benzene rings is 3. The van der Waals surface area contributed by atoms with Crippen LogP contribution >= 0.6 is 0 Å².